The van der Waals surface area contributed by atoms with Gasteiger partial charge in [0, 0.05) is 18.2 Å². The van der Waals surface area contributed by atoms with E-state index in [1.165, 1.54) is 11.0 Å². The van der Waals surface area contributed by atoms with E-state index in [1.807, 2.05) is 6.92 Å². The summed E-state index contributed by atoms with van der Waals surface area (Å²) in [5.41, 5.74) is 1.54. The Hall–Kier alpha value is -2.94. The van der Waals surface area contributed by atoms with Gasteiger partial charge in [-0.1, -0.05) is 55.2 Å². The van der Waals surface area contributed by atoms with Gasteiger partial charge in [-0.2, -0.15) is 0 Å². The average molecular weight is 504 g/mol. The van der Waals surface area contributed by atoms with Gasteiger partial charge in [-0.05, 0) is 44.9 Å². The van der Waals surface area contributed by atoms with Crippen LogP contribution in [0.5, 0.6) is 0 Å². The number of rotatable bonds is 9. The molecule has 2 amide bonds. The number of anilines is 1. The number of nitrogens with zero attached hydrogens (tertiary/aromatic N) is 2. The first-order valence-corrected chi connectivity index (χ1v) is 13.8. The summed E-state index contributed by atoms with van der Waals surface area (Å²) in [5, 5.41) is 3.02. The van der Waals surface area contributed by atoms with Gasteiger partial charge in [0.1, 0.15) is 18.4 Å². The molecule has 0 aromatic heterocycles. The molecule has 7 nitrogen and oxygen atoms in total. The molecule has 190 valence electrons. The number of carbonyl (C=O) groups is 2. The van der Waals surface area contributed by atoms with Crippen LogP contribution >= 0.6 is 0 Å². The maximum atomic E-state index is 14.5. The van der Waals surface area contributed by atoms with Gasteiger partial charge in [-0.3, -0.25) is 13.9 Å². The summed E-state index contributed by atoms with van der Waals surface area (Å²) >= 11 is 0. The van der Waals surface area contributed by atoms with Crippen LogP contribution < -0.4 is 9.62 Å². The highest BCUT2D eigenvalue weighted by atomic mass is 32.2. The van der Waals surface area contributed by atoms with Crippen molar-refractivity contribution in [3.8, 4) is 0 Å². The summed E-state index contributed by atoms with van der Waals surface area (Å²) in [6, 6.07) is 12.0. The first-order chi connectivity index (χ1) is 16.6. The van der Waals surface area contributed by atoms with Crippen LogP contribution in [0.2, 0.25) is 0 Å². The molecule has 2 aromatic carbocycles. The Bertz CT molecular complexity index is 1130. The minimum absolute atomic E-state index is 0.0455. The highest BCUT2D eigenvalue weighted by Crippen LogP contribution is 2.21. The van der Waals surface area contributed by atoms with Crippen LogP contribution in [-0.2, 0) is 26.2 Å². The van der Waals surface area contributed by atoms with Crippen molar-refractivity contribution in [2.45, 2.75) is 64.6 Å². The molecule has 1 saturated carbocycles. The summed E-state index contributed by atoms with van der Waals surface area (Å²) in [5.74, 6) is -1.42. The number of benzene rings is 2. The predicted octanol–water partition coefficient (Wildman–Crippen LogP) is 3.77. The van der Waals surface area contributed by atoms with E-state index in [-0.39, 0.29) is 24.1 Å². The minimum atomic E-state index is -3.80. The highest BCUT2D eigenvalue weighted by molar-refractivity contribution is 7.92. The first-order valence-electron chi connectivity index (χ1n) is 11.9. The van der Waals surface area contributed by atoms with E-state index in [0.29, 0.717) is 5.69 Å². The SMILES string of the molecule is Cc1ccc(N(CC(=O)N(Cc2ccccc2F)[C@H](C)C(=O)NC2CCCCC2)S(C)(=O)=O)cc1. The fraction of sp³-hybridized carbons (Fsp3) is 0.462. The van der Waals surface area contributed by atoms with Crippen molar-refractivity contribution in [3.63, 3.8) is 0 Å². The Morgan fingerprint density at radius 3 is 2.29 bits per heavy atom. The van der Waals surface area contributed by atoms with Crippen molar-refractivity contribution >= 4 is 27.5 Å². The molecule has 0 spiro atoms. The summed E-state index contributed by atoms with van der Waals surface area (Å²) in [7, 11) is -3.80. The van der Waals surface area contributed by atoms with Crippen LogP contribution in [0, 0.1) is 12.7 Å². The number of nitrogens with one attached hydrogen (secondary N) is 1. The van der Waals surface area contributed by atoms with Gasteiger partial charge in [0.15, 0.2) is 0 Å². The van der Waals surface area contributed by atoms with Gasteiger partial charge in [-0.25, -0.2) is 12.8 Å². The molecule has 1 fully saturated rings. The Morgan fingerprint density at radius 1 is 1.06 bits per heavy atom. The maximum Gasteiger partial charge on any atom is 0.244 e. The lowest BCUT2D eigenvalue weighted by Crippen LogP contribution is -2.53. The van der Waals surface area contributed by atoms with Crippen molar-refractivity contribution in [2.75, 3.05) is 17.1 Å². The van der Waals surface area contributed by atoms with Gasteiger partial charge < -0.3 is 10.2 Å². The van der Waals surface area contributed by atoms with Crippen LogP contribution in [0.3, 0.4) is 0 Å². The number of amides is 2. The van der Waals surface area contributed by atoms with Crippen LogP contribution in [0.25, 0.3) is 0 Å². The van der Waals surface area contributed by atoms with E-state index in [4.69, 9.17) is 0 Å². The third-order valence-electron chi connectivity index (χ3n) is 6.42. The average Bonchev–Trinajstić information content (AvgIpc) is 2.82. The second-order valence-corrected chi connectivity index (χ2v) is 11.1. The molecular formula is C26H34FN3O4S. The Balaban J connectivity index is 1.87. The molecule has 35 heavy (non-hydrogen) atoms. The van der Waals surface area contributed by atoms with Crippen LogP contribution in [0.1, 0.15) is 50.2 Å². The van der Waals surface area contributed by atoms with Crippen molar-refractivity contribution in [1.82, 2.24) is 10.2 Å². The van der Waals surface area contributed by atoms with E-state index in [0.717, 1.165) is 48.2 Å². The zero-order valence-corrected chi connectivity index (χ0v) is 21.4. The van der Waals surface area contributed by atoms with Gasteiger partial charge in [0.2, 0.25) is 21.8 Å². The van der Waals surface area contributed by atoms with Gasteiger partial charge in [-0.15, -0.1) is 0 Å². The lowest BCUT2D eigenvalue weighted by molar-refractivity contribution is -0.139. The molecule has 1 aliphatic carbocycles. The number of sulfonamides is 1. The first kappa shape index (κ1) is 26.7. The molecule has 3 rings (SSSR count). The predicted molar refractivity (Wildman–Crippen MR) is 135 cm³/mol. The van der Waals surface area contributed by atoms with Gasteiger partial charge in [0.25, 0.3) is 0 Å². The zero-order valence-electron chi connectivity index (χ0n) is 20.5. The van der Waals surface area contributed by atoms with E-state index < -0.39 is 34.3 Å². The second-order valence-electron chi connectivity index (χ2n) is 9.24. The summed E-state index contributed by atoms with van der Waals surface area (Å²) < 4.78 is 40.6. The smallest absolute Gasteiger partial charge is 0.244 e. The van der Waals surface area contributed by atoms with E-state index >= 15 is 0 Å². The molecule has 0 saturated heterocycles. The Morgan fingerprint density at radius 2 is 1.69 bits per heavy atom. The molecule has 0 bridgehead atoms. The molecule has 2 aromatic rings. The molecular weight excluding hydrogens is 469 g/mol. The number of halogens is 1. The van der Waals surface area contributed by atoms with E-state index in [2.05, 4.69) is 5.32 Å². The number of aryl methyl sites for hydroxylation is 1. The normalized spacial score (nSPS) is 15.3. The molecule has 1 N–H and O–H groups in total. The molecule has 9 heteroatoms. The topological polar surface area (TPSA) is 86.8 Å². The largest absolute Gasteiger partial charge is 0.352 e. The molecule has 1 atom stereocenters. The van der Waals surface area contributed by atoms with Crippen molar-refractivity contribution in [2.24, 2.45) is 0 Å². The molecule has 0 unspecified atom stereocenters. The number of hydrogen-bond donors (Lipinski definition) is 1. The zero-order chi connectivity index (χ0) is 25.6. The fourth-order valence-corrected chi connectivity index (χ4v) is 5.14. The number of hydrogen-bond acceptors (Lipinski definition) is 4. The molecule has 0 heterocycles. The van der Waals surface area contributed by atoms with Gasteiger partial charge >= 0.3 is 0 Å². The van der Waals surface area contributed by atoms with Crippen molar-refractivity contribution in [3.05, 3.63) is 65.5 Å². The third-order valence-corrected chi connectivity index (χ3v) is 7.56. The molecule has 0 aliphatic heterocycles. The standard InChI is InChI=1S/C26H34FN3O4S/c1-19-13-15-23(16-14-19)30(35(3,33)34)18-25(31)29(17-21-9-7-8-12-24(21)27)20(2)26(32)28-22-10-5-4-6-11-22/h7-9,12-16,20,22H,4-6,10-11,17-18H2,1-3H3,(H,28,32)/t20-/m1/s1. The Kier molecular flexibility index (Phi) is 8.88. The quantitative estimate of drug-likeness (QED) is 0.565. The molecule has 0 radical (unpaired) electrons. The number of carbonyl (C=O) groups excluding carboxylic acids is 2. The molecule has 1 aliphatic rings. The van der Waals surface area contributed by atoms with E-state index in [9.17, 15) is 22.4 Å². The highest BCUT2D eigenvalue weighted by Gasteiger charge is 2.31. The summed E-state index contributed by atoms with van der Waals surface area (Å²) in [6.07, 6.45) is 6.01. The van der Waals surface area contributed by atoms with Gasteiger partial charge in [0.05, 0.1) is 11.9 Å². The summed E-state index contributed by atoms with van der Waals surface area (Å²) in [6.45, 7) is 2.81. The van der Waals surface area contributed by atoms with Crippen LogP contribution in [-0.4, -0.2) is 50.0 Å². The van der Waals surface area contributed by atoms with Crippen LogP contribution in [0.15, 0.2) is 48.5 Å². The lowest BCUT2D eigenvalue weighted by Gasteiger charge is -2.33. The third kappa shape index (κ3) is 7.27. The second kappa shape index (κ2) is 11.7. The minimum Gasteiger partial charge on any atom is -0.352 e. The maximum absolute atomic E-state index is 14.5. The van der Waals surface area contributed by atoms with Crippen molar-refractivity contribution < 1.29 is 22.4 Å². The Labute approximate surface area is 207 Å². The van der Waals surface area contributed by atoms with Crippen LogP contribution in [0.4, 0.5) is 10.1 Å². The van der Waals surface area contributed by atoms with Crippen molar-refractivity contribution in [1.29, 1.82) is 0 Å². The van der Waals surface area contributed by atoms with E-state index in [1.54, 1.807) is 49.4 Å². The lowest BCUT2D eigenvalue weighted by atomic mass is 9.95. The fourth-order valence-electron chi connectivity index (χ4n) is 4.29. The monoisotopic (exact) mass is 503 g/mol. The summed E-state index contributed by atoms with van der Waals surface area (Å²) in [4.78, 5) is 27.9.